The third-order valence-corrected chi connectivity index (χ3v) is 11.9. The van der Waals surface area contributed by atoms with E-state index in [1.165, 1.54) is 92.2 Å². The van der Waals surface area contributed by atoms with E-state index in [9.17, 15) is 10.2 Å². The second-order valence-electron chi connectivity index (χ2n) is 19.5. The van der Waals surface area contributed by atoms with Gasteiger partial charge in [0.2, 0.25) is 0 Å². The molecule has 0 aliphatic rings. The maximum Gasteiger partial charge on any atom is 0.123 e. The van der Waals surface area contributed by atoms with Gasteiger partial charge in [-0.2, -0.15) is 11.8 Å². The summed E-state index contributed by atoms with van der Waals surface area (Å²) in [4.78, 5) is 0. The fraction of sp³-hybridized carbons (Fsp3) is 0.739. The van der Waals surface area contributed by atoms with Crippen LogP contribution in [0.5, 0.6) is 11.5 Å². The highest BCUT2D eigenvalue weighted by Gasteiger charge is 2.40. The monoisotopic (exact) mass is 695 g/mol. The lowest BCUT2D eigenvalue weighted by Gasteiger charge is -2.40. The van der Waals surface area contributed by atoms with Crippen molar-refractivity contribution in [3.05, 3.63) is 56.6 Å². The predicted octanol–water partition coefficient (Wildman–Crippen LogP) is 14.3. The van der Waals surface area contributed by atoms with Crippen LogP contribution in [0.2, 0.25) is 0 Å². The number of rotatable bonds is 16. The lowest BCUT2D eigenvalue weighted by Crippen LogP contribution is -2.32. The first-order valence-electron chi connectivity index (χ1n) is 19.7. The number of hydrogen-bond donors (Lipinski definition) is 2. The lowest BCUT2D eigenvalue weighted by molar-refractivity contribution is 0.415. The van der Waals surface area contributed by atoms with Gasteiger partial charge in [-0.15, -0.1) is 0 Å². The first-order valence-corrected chi connectivity index (χ1v) is 20.9. The number of hydrogen-bond acceptors (Lipinski definition) is 3. The molecule has 49 heavy (non-hydrogen) atoms. The Bertz CT molecular complexity index is 1270. The Labute approximate surface area is 309 Å². The van der Waals surface area contributed by atoms with Crippen LogP contribution in [0.3, 0.4) is 0 Å². The van der Waals surface area contributed by atoms with Crippen LogP contribution in [0.25, 0.3) is 0 Å². The molecule has 0 bridgehead atoms. The summed E-state index contributed by atoms with van der Waals surface area (Å²) in [6.07, 6.45) is 14.7. The summed E-state index contributed by atoms with van der Waals surface area (Å²) in [5, 5.41) is 23.7. The standard InChI is InChI=1S/C46H78O2S/c1-17-18-19-20-21-22-23-24-25-26-28-49-29-27-46(16,34-30-36(42(4,5)6)40(47)38(32(34)2)44(10,11)12)35-31-37(43(7,8)9)41(48)39(33(35)3)45(13,14)15/h30-31,47-48H,17-29H2,1-16H3. The van der Waals surface area contributed by atoms with Crippen molar-refractivity contribution in [2.45, 2.75) is 208 Å². The minimum absolute atomic E-state index is 0.213. The van der Waals surface area contributed by atoms with Gasteiger partial charge in [-0.3, -0.25) is 0 Å². The van der Waals surface area contributed by atoms with E-state index in [1.807, 2.05) is 0 Å². The van der Waals surface area contributed by atoms with Crippen LogP contribution in [0.15, 0.2) is 12.1 Å². The van der Waals surface area contributed by atoms with Gasteiger partial charge in [0.1, 0.15) is 11.5 Å². The molecular weight excluding hydrogens is 617 g/mol. The van der Waals surface area contributed by atoms with Crippen LogP contribution in [0.4, 0.5) is 0 Å². The molecule has 0 aliphatic heterocycles. The summed E-state index contributed by atoms with van der Waals surface area (Å²) in [5.74, 6) is 3.18. The Morgan fingerprint density at radius 1 is 0.469 bits per heavy atom. The molecule has 0 spiro atoms. The third kappa shape index (κ3) is 11.2. The zero-order valence-electron chi connectivity index (χ0n) is 35.1. The quantitative estimate of drug-likeness (QED) is 0.172. The molecule has 0 atom stereocenters. The van der Waals surface area contributed by atoms with Gasteiger partial charge < -0.3 is 10.2 Å². The van der Waals surface area contributed by atoms with Crippen molar-refractivity contribution in [3.63, 3.8) is 0 Å². The maximum atomic E-state index is 11.9. The normalized spacial score (nSPS) is 13.4. The fourth-order valence-corrected chi connectivity index (χ4v) is 9.31. The fourth-order valence-electron chi connectivity index (χ4n) is 8.15. The van der Waals surface area contributed by atoms with Crippen molar-refractivity contribution in [1.82, 2.24) is 0 Å². The molecule has 280 valence electrons. The van der Waals surface area contributed by atoms with Gasteiger partial charge in [0, 0.05) is 16.5 Å². The van der Waals surface area contributed by atoms with E-state index in [0.717, 1.165) is 34.4 Å². The van der Waals surface area contributed by atoms with Gasteiger partial charge in [-0.1, -0.05) is 167 Å². The lowest BCUT2D eigenvalue weighted by atomic mass is 9.64. The van der Waals surface area contributed by atoms with Crippen molar-refractivity contribution in [1.29, 1.82) is 0 Å². The van der Waals surface area contributed by atoms with Crippen molar-refractivity contribution in [2.75, 3.05) is 11.5 Å². The number of thioether (sulfide) groups is 1. The minimum Gasteiger partial charge on any atom is -0.507 e. The van der Waals surface area contributed by atoms with Gasteiger partial charge in [-0.25, -0.2) is 0 Å². The first-order chi connectivity index (χ1) is 22.4. The molecule has 0 radical (unpaired) electrons. The van der Waals surface area contributed by atoms with Crippen LogP contribution in [-0.2, 0) is 27.1 Å². The van der Waals surface area contributed by atoms with Gasteiger partial charge >= 0.3 is 0 Å². The maximum absolute atomic E-state index is 11.9. The highest BCUT2D eigenvalue weighted by molar-refractivity contribution is 7.99. The summed E-state index contributed by atoms with van der Waals surface area (Å²) in [5.41, 5.74) is 8.00. The molecule has 0 aromatic heterocycles. The number of unbranched alkanes of at least 4 members (excludes halogenated alkanes) is 9. The molecule has 0 fully saturated rings. The zero-order chi connectivity index (χ0) is 37.6. The van der Waals surface area contributed by atoms with Crippen LogP contribution in [-0.4, -0.2) is 21.7 Å². The third-order valence-electron chi connectivity index (χ3n) is 10.8. The van der Waals surface area contributed by atoms with E-state index >= 15 is 0 Å². The second kappa shape index (κ2) is 17.3. The van der Waals surface area contributed by atoms with Gasteiger partial charge in [-0.05, 0) is 93.2 Å². The van der Waals surface area contributed by atoms with E-state index in [-0.39, 0.29) is 27.1 Å². The highest BCUT2D eigenvalue weighted by Crippen LogP contribution is 2.51. The molecule has 3 heteroatoms. The van der Waals surface area contributed by atoms with Crippen LogP contribution < -0.4 is 0 Å². The van der Waals surface area contributed by atoms with Crippen molar-refractivity contribution in [3.8, 4) is 11.5 Å². The molecule has 2 aromatic carbocycles. The minimum atomic E-state index is -0.319. The zero-order valence-corrected chi connectivity index (χ0v) is 36.0. The first kappa shape index (κ1) is 43.6. The smallest absolute Gasteiger partial charge is 0.123 e. The second-order valence-corrected chi connectivity index (χ2v) is 20.7. The summed E-state index contributed by atoms with van der Waals surface area (Å²) in [7, 11) is 0. The van der Waals surface area contributed by atoms with Gasteiger partial charge in [0.15, 0.2) is 0 Å². The topological polar surface area (TPSA) is 40.5 Å². The van der Waals surface area contributed by atoms with Crippen molar-refractivity contribution in [2.24, 2.45) is 0 Å². The Kier molecular flexibility index (Phi) is 15.4. The summed E-state index contributed by atoms with van der Waals surface area (Å²) >= 11 is 2.11. The molecule has 0 saturated carbocycles. The number of phenolic OH excluding ortho intramolecular Hbond substituents is 2. The van der Waals surface area contributed by atoms with Crippen LogP contribution in [0.1, 0.15) is 212 Å². The molecule has 0 unspecified atom stereocenters. The van der Waals surface area contributed by atoms with Crippen LogP contribution >= 0.6 is 11.8 Å². The number of benzene rings is 2. The number of phenols is 2. The molecule has 0 heterocycles. The molecule has 2 aromatic rings. The SMILES string of the molecule is CCCCCCCCCCCCSCCC(C)(c1cc(C(C)(C)C)c(O)c(C(C)(C)C)c1C)c1cc(C(C)(C)C)c(O)c(C(C)(C)C)c1C. The van der Waals surface area contributed by atoms with Crippen molar-refractivity contribution >= 4 is 11.8 Å². The summed E-state index contributed by atoms with van der Waals surface area (Å²) in [6.45, 7) is 35.9. The van der Waals surface area contributed by atoms with E-state index < -0.39 is 0 Å². The summed E-state index contributed by atoms with van der Waals surface area (Å²) in [6, 6.07) is 4.68. The molecular formula is C46H78O2S. The largest absolute Gasteiger partial charge is 0.507 e. The predicted molar refractivity (Wildman–Crippen MR) is 221 cm³/mol. The molecule has 0 aliphatic carbocycles. The average molecular weight is 695 g/mol. The highest BCUT2D eigenvalue weighted by atomic mass is 32.2. The summed E-state index contributed by atoms with van der Waals surface area (Å²) < 4.78 is 0. The molecule has 0 amide bonds. The Hall–Kier alpha value is -1.61. The molecule has 2 rings (SSSR count). The van der Waals surface area contributed by atoms with Crippen LogP contribution in [0, 0.1) is 13.8 Å². The van der Waals surface area contributed by atoms with E-state index in [2.05, 4.69) is 135 Å². The molecule has 2 N–H and O–H groups in total. The average Bonchev–Trinajstić information content (AvgIpc) is 2.92. The number of aromatic hydroxyl groups is 2. The Balaban J connectivity index is 2.63. The van der Waals surface area contributed by atoms with Gasteiger partial charge in [0.25, 0.3) is 0 Å². The van der Waals surface area contributed by atoms with Crippen molar-refractivity contribution < 1.29 is 10.2 Å². The Morgan fingerprint density at radius 3 is 1.14 bits per heavy atom. The molecule has 2 nitrogen and oxygen atoms in total. The Morgan fingerprint density at radius 2 is 0.816 bits per heavy atom. The van der Waals surface area contributed by atoms with E-state index in [0.29, 0.717) is 11.5 Å². The van der Waals surface area contributed by atoms with E-state index in [1.54, 1.807) is 0 Å². The van der Waals surface area contributed by atoms with Gasteiger partial charge in [0.05, 0.1) is 0 Å². The van der Waals surface area contributed by atoms with E-state index in [4.69, 9.17) is 0 Å². The molecule has 0 saturated heterocycles.